The fraction of sp³-hybridized carbons (Fsp3) is 0.238. The number of aromatic nitrogens is 1. The van der Waals surface area contributed by atoms with Gasteiger partial charge in [-0.05, 0) is 42.5 Å². The maximum atomic E-state index is 12.7. The second kappa shape index (κ2) is 9.14. The first-order chi connectivity index (χ1) is 14.3. The fourth-order valence-electron chi connectivity index (χ4n) is 3.01. The molecule has 0 aliphatic rings. The summed E-state index contributed by atoms with van der Waals surface area (Å²) in [7, 11) is -3.58. The highest BCUT2D eigenvalue weighted by Gasteiger charge is 2.21. The van der Waals surface area contributed by atoms with Crippen molar-refractivity contribution in [1.29, 1.82) is 0 Å². The zero-order valence-electron chi connectivity index (χ0n) is 16.5. The van der Waals surface area contributed by atoms with Gasteiger partial charge in [0.25, 0.3) is 5.91 Å². The van der Waals surface area contributed by atoms with Crippen LogP contribution in [-0.2, 0) is 16.6 Å². The van der Waals surface area contributed by atoms with Gasteiger partial charge in [-0.25, -0.2) is 8.42 Å². The lowest BCUT2D eigenvalue weighted by Crippen LogP contribution is -2.30. The van der Waals surface area contributed by atoms with Crippen molar-refractivity contribution < 1.29 is 13.2 Å². The molecule has 0 fully saturated rings. The summed E-state index contributed by atoms with van der Waals surface area (Å²) in [6, 6.07) is 11.2. The summed E-state index contributed by atoms with van der Waals surface area (Å²) in [6.07, 6.45) is 5.48. The number of sulfonamides is 1. The second-order valence-corrected chi connectivity index (χ2v) is 9.70. The Labute approximate surface area is 184 Å². The van der Waals surface area contributed by atoms with Gasteiger partial charge < -0.3 is 4.57 Å². The van der Waals surface area contributed by atoms with Crippen molar-refractivity contribution in [1.82, 2.24) is 8.87 Å². The zero-order valence-corrected chi connectivity index (χ0v) is 18.9. The summed E-state index contributed by atoms with van der Waals surface area (Å²) in [6.45, 7) is 4.57. The number of halogens is 1. The average Bonchev–Trinajstić information content (AvgIpc) is 3.05. The van der Waals surface area contributed by atoms with Crippen molar-refractivity contribution in [2.75, 3.05) is 13.1 Å². The third-order valence-corrected chi connectivity index (χ3v) is 7.88. The van der Waals surface area contributed by atoms with Crippen LogP contribution in [0.2, 0.25) is 5.02 Å². The van der Waals surface area contributed by atoms with E-state index in [1.807, 2.05) is 6.07 Å². The van der Waals surface area contributed by atoms with Crippen LogP contribution in [0.5, 0.6) is 0 Å². The molecule has 0 aliphatic heterocycles. The Bertz CT molecular complexity index is 1300. The molecule has 6 nitrogen and oxygen atoms in total. The molecule has 0 saturated carbocycles. The molecule has 9 heteroatoms. The van der Waals surface area contributed by atoms with E-state index in [1.165, 1.54) is 39.9 Å². The minimum absolute atomic E-state index is 0.140. The Kier molecular flexibility index (Phi) is 6.78. The summed E-state index contributed by atoms with van der Waals surface area (Å²) in [5.41, 5.74) is 1.13. The highest BCUT2D eigenvalue weighted by Crippen LogP contribution is 2.22. The lowest BCUT2D eigenvalue weighted by Gasteiger charge is -2.18. The maximum absolute atomic E-state index is 12.7. The maximum Gasteiger partial charge on any atom is 0.279 e. The molecule has 0 saturated heterocycles. The van der Waals surface area contributed by atoms with Crippen molar-refractivity contribution in [3.8, 4) is 12.3 Å². The molecule has 0 spiro atoms. The van der Waals surface area contributed by atoms with Gasteiger partial charge in [-0.1, -0.05) is 42.7 Å². The topological polar surface area (TPSA) is 71.7 Å². The molecule has 0 radical (unpaired) electrons. The third kappa shape index (κ3) is 4.35. The van der Waals surface area contributed by atoms with Crippen LogP contribution in [0.15, 0.2) is 52.4 Å². The van der Waals surface area contributed by atoms with Crippen molar-refractivity contribution >= 4 is 49.1 Å². The number of hydrogen-bond donors (Lipinski definition) is 0. The highest BCUT2D eigenvalue weighted by molar-refractivity contribution is 7.89. The SMILES string of the molecule is C#CCn1c(=NC(=O)c2ccc(S(=O)(=O)N(CC)CC)cc2)sc2cc(Cl)ccc21. The number of nitrogens with zero attached hydrogens (tertiary/aromatic N) is 3. The smallest absolute Gasteiger partial charge is 0.279 e. The Hall–Kier alpha value is -2.44. The minimum Gasteiger partial charge on any atom is -0.305 e. The van der Waals surface area contributed by atoms with Crippen LogP contribution in [0.25, 0.3) is 10.2 Å². The summed E-state index contributed by atoms with van der Waals surface area (Å²) in [5.74, 6) is 2.09. The molecular formula is C21H20ClN3O3S2. The zero-order chi connectivity index (χ0) is 21.9. The molecule has 0 N–H and O–H groups in total. The number of benzene rings is 2. The number of carbonyl (C=O) groups is 1. The van der Waals surface area contributed by atoms with Gasteiger partial charge in [0.2, 0.25) is 10.0 Å². The molecule has 1 heterocycles. The molecule has 3 aromatic rings. The van der Waals surface area contributed by atoms with Gasteiger partial charge in [-0.15, -0.1) is 6.42 Å². The van der Waals surface area contributed by atoms with Crippen LogP contribution in [0.1, 0.15) is 24.2 Å². The number of rotatable bonds is 6. The van der Waals surface area contributed by atoms with Gasteiger partial charge in [-0.2, -0.15) is 9.30 Å². The van der Waals surface area contributed by atoms with Crippen molar-refractivity contribution in [2.24, 2.45) is 4.99 Å². The average molecular weight is 462 g/mol. The molecule has 0 aliphatic carbocycles. The van der Waals surface area contributed by atoms with E-state index in [4.69, 9.17) is 18.0 Å². The van der Waals surface area contributed by atoms with E-state index in [1.54, 1.807) is 30.5 Å². The first-order valence-corrected chi connectivity index (χ1v) is 11.9. The first-order valence-electron chi connectivity index (χ1n) is 9.23. The predicted octanol–water partition coefficient (Wildman–Crippen LogP) is 3.76. The summed E-state index contributed by atoms with van der Waals surface area (Å²) in [5, 5.41) is 0.583. The minimum atomic E-state index is -3.58. The second-order valence-electron chi connectivity index (χ2n) is 6.32. The molecule has 1 amide bonds. The van der Waals surface area contributed by atoms with Crippen LogP contribution >= 0.6 is 22.9 Å². The van der Waals surface area contributed by atoms with Crippen LogP contribution in [0.4, 0.5) is 0 Å². The van der Waals surface area contributed by atoms with Gasteiger partial charge in [0.05, 0.1) is 21.7 Å². The molecule has 0 bridgehead atoms. The molecular weight excluding hydrogens is 442 g/mol. The Morgan fingerprint density at radius 2 is 1.87 bits per heavy atom. The molecule has 1 aromatic heterocycles. The fourth-order valence-corrected chi connectivity index (χ4v) is 5.77. The van der Waals surface area contributed by atoms with Crippen LogP contribution in [0.3, 0.4) is 0 Å². The molecule has 3 rings (SSSR count). The van der Waals surface area contributed by atoms with E-state index >= 15 is 0 Å². The number of hydrogen-bond acceptors (Lipinski definition) is 4. The molecule has 0 unspecified atom stereocenters. The molecule has 156 valence electrons. The number of amides is 1. The number of carbonyl (C=O) groups excluding carboxylic acids is 1. The predicted molar refractivity (Wildman–Crippen MR) is 120 cm³/mol. The number of fused-ring (bicyclic) bond motifs is 1. The first kappa shape index (κ1) is 22.2. The lowest BCUT2D eigenvalue weighted by atomic mass is 10.2. The van der Waals surface area contributed by atoms with Crippen molar-refractivity contribution in [2.45, 2.75) is 25.3 Å². The Balaban J connectivity index is 1.99. The Morgan fingerprint density at radius 3 is 2.47 bits per heavy atom. The quantitative estimate of drug-likeness (QED) is 0.525. The van der Waals surface area contributed by atoms with E-state index in [2.05, 4.69) is 10.9 Å². The van der Waals surface area contributed by atoms with Crippen molar-refractivity contribution in [3.05, 3.63) is 57.9 Å². The van der Waals surface area contributed by atoms with Gasteiger partial charge in [0.1, 0.15) is 0 Å². The summed E-state index contributed by atoms with van der Waals surface area (Å²) < 4.78 is 29.2. The van der Waals surface area contributed by atoms with Crippen molar-refractivity contribution in [3.63, 3.8) is 0 Å². The van der Waals surface area contributed by atoms with Crippen LogP contribution < -0.4 is 4.80 Å². The molecule has 30 heavy (non-hydrogen) atoms. The third-order valence-electron chi connectivity index (χ3n) is 4.54. The molecule has 0 atom stereocenters. The van der Waals surface area contributed by atoms with E-state index in [-0.39, 0.29) is 17.0 Å². The summed E-state index contributed by atoms with van der Waals surface area (Å²) in [4.78, 5) is 17.5. The number of terminal acetylenes is 1. The van der Waals surface area contributed by atoms with Gasteiger partial charge in [-0.3, -0.25) is 4.79 Å². The van der Waals surface area contributed by atoms with Crippen LogP contribution in [0, 0.1) is 12.3 Å². The van der Waals surface area contributed by atoms with E-state index in [9.17, 15) is 13.2 Å². The van der Waals surface area contributed by atoms with E-state index in [0.717, 1.165) is 10.2 Å². The van der Waals surface area contributed by atoms with Gasteiger partial charge in [0, 0.05) is 23.7 Å². The van der Waals surface area contributed by atoms with Crippen LogP contribution in [-0.4, -0.2) is 36.3 Å². The van der Waals surface area contributed by atoms with Gasteiger partial charge >= 0.3 is 0 Å². The van der Waals surface area contributed by atoms with E-state index < -0.39 is 15.9 Å². The summed E-state index contributed by atoms with van der Waals surface area (Å²) >= 11 is 7.37. The Morgan fingerprint density at radius 1 is 1.20 bits per heavy atom. The highest BCUT2D eigenvalue weighted by atomic mass is 35.5. The monoisotopic (exact) mass is 461 g/mol. The van der Waals surface area contributed by atoms with E-state index in [0.29, 0.717) is 22.9 Å². The largest absolute Gasteiger partial charge is 0.305 e. The number of thiazole rings is 1. The normalized spacial score (nSPS) is 12.4. The van der Waals surface area contributed by atoms with Gasteiger partial charge in [0.15, 0.2) is 4.80 Å². The molecule has 2 aromatic carbocycles. The standard InChI is InChI=1S/C21H20ClN3O3S2/c1-4-13-25-18-12-9-16(22)14-19(18)29-21(25)23-20(26)15-7-10-17(11-8-15)30(27,28)24(5-2)6-3/h1,7-12,14H,5-6,13H2,2-3H3. The lowest BCUT2D eigenvalue weighted by molar-refractivity contribution is 0.0998.